The minimum atomic E-state index is -4.09. The van der Waals surface area contributed by atoms with Crippen LogP contribution in [-0.2, 0) is 9.84 Å². The van der Waals surface area contributed by atoms with E-state index >= 15 is 0 Å². The molecule has 3 nitrogen and oxygen atoms in total. The highest BCUT2D eigenvalue weighted by molar-refractivity contribution is 7.92. The molecule has 0 unspecified atom stereocenters. The number of hydrogen-bond acceptors (Lipinski definition) is 3. The molecule has 0 aliphatic heterocycles. The van der Waals surface area contributed by atoms with Gasteiger partial charge in [-0.15, -0.1) is 0 Å². The van der Waals surface area contributed by atoms with Gasteiger partial charge >= 0.3 is 0 Å². The molecule has 2 aromatic carbocycles. The highest BCUT2D eigenvalue weighted by atomic mass is 35.5. The third kappa shape index (κ3) is 3.28. The summed E-state index contributed by atoms with van der Waals surface area (Å²) in [5.74, 6) is -4.43. The van der Waals surface area contributed by atoms with Gasteiger partial charge in [0.05, 0.1) is 15.5 Å². The first-order valence-electron chi connectivity index (χ1n) is 5.77. The van der Waals surface area contributed by atoms with E-state index in [-0.39, 0.29) is 9.92 Å². The smallest absolute Gasteiger partial charge is 0.187 e. The number of Topliss-reactive ketones (excluding diaryl/α,β-unsaturated/α-hetero) is 1. The normalized spacial score (nSPS) is 11.4. The summed E-state index contributed by atoms with van der Waals surface area (Å²) in [6, 6.07) is 8.40. The van der Waals surface area contributed by atoms with Crippen LogP contribution in [0.4, 0.5) is 8.78 Å². The van der Waals surface area contributed by atoms with Crippen molar-refractivity contribution >= 4 is 27.2 Å². The summed E-state index contributed by atoms with van der Waals surface area (Å²) in [5, 5.41) is -0.0562. The Bertz CT molecular complexity index is 783. The summed E-state index contributed by atoms with van der Waals surface area (Å²) in [6.45, 7) is 0. The zero-order valence-electron chi connectivity index (χ0n) is 10.5. The Balaban J connectivity index is 2.38. The molecule has 2 aromatic rings. The van der Waals surface area contributed by atoms with Crippen LogP contribution in [0.2, 0.25) is 5.02 Å². The van der Waals surface area contributed by atoms with Gasteiger partial charge in [-0.3, -0.25) is 4.79 Å². The van der Waals surface area contributed by atoms with Crippen LogP contribution in [-0.4, -0.2) is 20.0 Å². The quantitative estimate of drug-likeness (QED) is 0.808. The molecule has 0 spiro atoms. The molecule has 0 atom stereocenters. The van der Waals surface area contributed by atoms with E-state index in [1.165, 1.54) is 24.3 Å². The van der Waals surface area contributed by atoms with Gasteiger partial charge in [-0.25, -0.2) is 17.2 Å². The van der Waals surface area contributed by atoms with Crippen molar-refractivity contribution < 1.29 is 22.0 Å². The number of sulfone groups is 1. The monoisotopic (exact) mass is 330 g/mol. The Morgan fingerprint density at radius 2 is 1.57 bits per heavy atom. The third-order valence-corrected chi connectivity index (χ3v) is 4.84. The predicted octanol–water partition coefficient (Wildman–Crippen LogP) is 3.27. The Hall–Kier alpha value is -1.79. The maximum Gasteiger partial charge on any atom is 0.187 e. The number of rotatable bonds is 4. The molecule has 0 aliphatic rings. The summed E-state index contributed by atoms with van der Waals surface area (Å²) in [6.07, 6.45) is 0. The van der Waals surface area contributed by atoms with Crippen LogP contribution in [0.15, 0.2) is 47.4 Å². The van der Waals surface area contributed by atoms with Gasteiger partial charge in [0.1, 0.15) is 17.4 Å². The largest absolute Gasteiger partial charge is 0.293 e. The number of ketones is 1. The average molecular weight is 331 g/mol. The summed E-state index contributed by atoms with van der Waals surface area (Å²) in [7, 11) is -4.09. The van der Waals surface area contributed by atoms with E-state index in [4.69, 9.17) is 11.6 Å². The summed E-state index contributed by atoms with van der Waals surface area (Å²) in [5.41, 5.74) is -0.867. The molecular formula is C14H9ClF2O3S. The van der Waals surface area contributed by atoms with Gasteiger partial charge in [0, 0.05) is 0 Å². The minimum absolute atomic E-state index is 0.0562. The van der Waals surface area contributed by atoms with Crippen LogP contribution in [0.3, 0.4) is 0 Å². The zero-order chi connectivity index (χ0) is 15.6. The van der Waals surface area contributed by atoms with E-state index in [0.29, 0.717) is 0 Å². The van der Waals surface area contributed by atoms with Gasteiger partial charge in [0.2, 0.25) is 0 Å². The number of benzene rings is 2. The molecule has 0 bridgehead atoms. The van der Waals surface area contributed by atoms with Crippen LogP contribution in [0, 0.1) is 11.6 Å². The molecule has 2 rings (SSSR count). The molecule has 7 heteroatoms. The number of halogens is 3. The van der Waals surface area contributed by atoms with E-state index < -0.39 is 38.6 Å². The van der Waals surface area contributed by atoms with Crippen molar-refractivity contribution in [1.82, 2.24) is 0 Å². The lowest BCUT2D eigenvalue weighted by Gasteiger charge is -2.07. The SMILES string of the molecule is O=C(CS(=O)(=O)c1ccccc1Cl)c1c(F)cccc1F. The zero-order valence-corrected chi connectivity index (χ0v) is 12.1. The average Bonchev–Trinajstić information content (AvgIpc) is 2.38. The Labute approximate surface area is 125 Å². The number of carbonyl (C=O) groups excluding carboxylic acids is 1. The number of hydrogen-bond donors (Lipinski definition) is 0. The van der Waals surface area contributed by atoms with Crippen molar-refractivity contribution in [1.29, 1.82) is 0 Å². The van der Waals surface area contributed by atoms with Crippen molar-refractivity contribution in [3.63, 3.8) is 0 Å². The molecular weight excluding hydrogens is 322 g/mol. The first-order chi connectivity index (χ1) is 9.83. The highest BCUT2D eigenvalue weighted by Crippen LogP contribution is 2.23. The summed E-state index contributed by atoms with van der Waals surface area (Å²) >= 11 is 5.76. The van der Waals surface area contributed by atoms with Crippen LogP contribution in [0.5, 0.6) is 0 Å². The molecule has 0 N–H and O–H groups in total. The molecule has 0 amide bonds. The topological polar surface area (TPSA) is 51.2 Å². The lowest BCUT2D eigenvalue weighted by molar-refractivity contribution is 0.101. The van der Waals surface area contributed by atoms with Crippen LogP contribution >= 0.6 is 11.6 Å². The maximum atomic E-state index is 13.5. The fourth-order valence-corrected chi connectivity index (χ4v) is 3.57. The standard InChI is InChI=1S/C14H9ClF2O3S/c15-9-4-1-2-7-13(9)21(19,20)8-12(18)14-10(16)5-3-6-11(14)17/h1-7H,8H2. The highest BCUT2D eigenvalue weighted by Gasteiger charge is 2.26. The Morgan fingerprint density at radius 1 is 1.00 bits per heavy atom. The summed E-state index contributed by atoms with van der Waals surface area (Å²) in [4.78, 5) is 11.6. The Kier molecular flexibility index (Phi) is 4.39. The predicted molar refractivity (Wildman–Crippen MR) is 74.2 cm³/mol. The molecule has 110 valence electrons. The van der Waals surface area contributed by atoms with Crippen LogP contribution in [0.1, 0.15) is 10.4 Å². The molecule has 0 fully saturated rings. The van der Waals surface area contributed by atoms with Crippen molar-refractivity contribution in [2.75, 3.05) is 5.75 Å². The van der Waals surface area contributed by atoms with Gasteiger partial charge in [-0.2, -0.15) is 0 Å². The lowest BCUT2D eigenvalue weighted by Crippen LogP contribution is -2.19. The molecule has 0 radical (unpaired) electrons. The molecule has 0 saturated heterocycles. The van der Waals surface area contributed by atoms with E-state index in [2.05, 4.69) is 0 Å². The molecule has 0 aliphatic carbocycles. The van der Waals surface area contributed by atoms with Crippen LogP contribution in [0.25, 0.3) is 0 Å². The van der Waals surface area contributed by atoms with Gasteiger partial charge in [-0.05, 0) is 24.3 Å². The van der Waals surface area contributed by atoms with Gasteiger partial charge in [-0.1, -0.05) is 29.8 Å². The summed E-state index contributed by atoms with van der Waals surface area (Å²) < 4.78 is 51.2. The number of carbonyl (C=O) groups is 1. The van der Waals surface area contributed by atoms with Crippen LogP contribution < -0.4 is 0 Å². The second kappa shape index (κ2) is 5.91. The lowest BCUT2D eigenvalue weighted by atomic mass is 10.1. The minimum Gasteiger partial charge on any atom is -0.293 e. The van der Waals surface area contributed by atoms with E-state index in [1.807, 2.05) is 0 Å². The molecule has 0 saturated carbocycles. The molecule has 21 heavy (non-hydrogen) atoms. The van der Waals surface area contributed by atoms with Crippen molar-refractivity contribution in [2.45, 2.75) is 4.90 Å². The van der Waals surface area contributed by atoms with Crippen molar-refractivity contribution in [2.24, 2.45) is 0 Å². The Morgan fingerprint density at radius 3 is 2.14 bits per heavy atom. The van der Waals surface area contributed by atoms with Crippen molar-refractivity contribution in [3.8, 4) is 0 Å². The first kappa shape index (κ1) is 15.6. The van der Waals surface area contributed by atoms with E-state index in [9.17, 15) is 22.0 Å². The van der Waals surface area contributed by atoms with Gasteiger partial charge < -0.3 is 0 Å². The fourth-order valence-electron chi connectivity index (χ4n) is 1.78. The maximum absolute atomic E-state index is 13.5. The third-order valence-electron chi connectivity index (χ3n) is 2.73. The molecule has 0 aromatic heterocycles. The first-order valence-corrected chi connectivity index (χ1v) is 7.80. The second-order valence-corrected chi connectivity index (χ2v) is 6.57. The fraction of sp³-hybridized carbons (Fsp3) is 0.0714. The van der Waals surface area contributed by atoms with E-state index in [0.717, 1.165) is 18.2 Å². The van der Waals surface area contributed by atoms with Gasteiger partial charge in [0.15, 0.2) is 15.6 Å². The van der Waals surface area contributed by atoms with E-state index in [1.54, 1.807) is 0 Å². The van der Waals surface area contributed by atoms with Crippen molar-refractivity contribution in [3.05, 3.63) is 64.7 Å². The van der Waals surface area contributed by atoms with Gasteiger partial charge in [0.25, 0.3) is 0 Å². The molecule has 0 heterocycles. The second-order valence-electron chi connectivity index (χ2n) is 4.21.